The molecule has 3 aromatic rings. The molecule has 0 saturated heterocycles. The minimum Gasteiger partial charge on any atom is -0.320 e. The van der Waals surface area contributed by atoms with Crippen molar-refractivity contribution in [2.75, 3.05) is 0 Å². The predicted molar refractivity (Wildman–Crippen MR) is 75.7 cm³/mol. The van der Waals surface area contributed by atoms with Gasteiger partial charge in [-0.3, -0.25) is 9.67 Å². The van der Waals surface area contributed by atoms with Gasteiger partial charge < -0.3 is 5.73 Å². The van der Waals surface area contributed by atoms with E-state index in [0.717, 1.165) is 27.6 Å². The van der Waals surface area contributed by atoms with E-state index in [4.69, 9.17) is 5.73 Å². The Kier molecular flexibility index (Phi) is 2.80. The van der Waals surface area contributed by atoms with E-state index >= 15 is 0 Å². The maximum Gasteiger partial charge on any atom is 0.0644 e. The van der Waals surface area contributed by atoms with Crippen molar-refractivity contribution in [2.45, 2.75) is 13.0 Å². The SMILES string of the molecule is Cc1nn(C)cc1C(N)c1cncc2ccccc12. The summed E-state index contributed by atoms with van der Waals surface area (Å²) in [6.45, 7) is 1.98. The molecule has 1 atom stereocenters. The third kappa shape index (κ3) is 2.00. The number of fused-ring (bicyclic) bond motifs is 1. The first kappa shape index (κ1) is 11.9. The van der Waals surface area contributed by atoms with E-state index in [1.54, 1.807) is 4.68 Å². The van der Waals surface area contributed by atoms with E-state index in [2.05, 4.69) is 22.2 Å². The molecule has 0 amide bonds. The van der Waals surface area contributed by atoms with E-state index in [1.807, 2.05) is 44.7 Å². The lowest BCUT2D eigenvalue weighted by Gasteiger charge is -2.13. The van der Waals surface area contributed by atoms with Gasteiger partial charge in [-0.15, -0.1) is 0 Å². The number of hydrogen-bond acceptors (Lipinski definition) is 3. The van der Waals surface area contributed by atoms with Crippen LogP contribution in [-0.2, 0) is 7.05 Å². The van der Waals surface area contributed by atoms with Crippen LogP contribution < -0.4 is 5.73 Å². The Morgan fingerprint density at radius 2 is 1.95 bits per heavy atom. The van der Waals surface area contributed by atoms with Gasteiger partial charge in [-0.05, 0) is 17.9 Å². The lowest BCUT2D eigenvalue weighted by atomic mass is 9.97. The first-order valence-electron chi connectivity index (χ1n) is 6.25. The summed E-state index contributed by atoms with van der Waals surface area (Å²) in [4.78, 5) is 4.29. The maximum atomic E-state index is 6.40. The van der Waals surface area contributed by atoms with E-state index in [9.17, 15) is 0 Å². The lowest BCUT2D eigenvalue weighted by molar-refractivity contribution is 0.756. The van der Waals surface area contributed by atoms with E-state index in [-0.39, 0.29) is 6.04 Å². The predicted octanol–water partition coefficient (Wildman–Crippen LogP) is 2.32. The van der Waals surface area contributed by atoms with Crippen LogP contribution in [0.3, 0.4) is 0 Å². The molecule has 0 radical (unpaired) electrons. The molecule has 0 spiro atoms. The van der Waals surface area contributed by atoms with Gasteiger partial charge in [0.1, 0.15) is 0 Å². The van der Waals surface area contributed by atoms with Crippen LogP contribution >= 0.6 is 0 Å². The highest BCUT2D eigenvalue weighted by molar-refractivity contribution is 5.85. The molecular formula is C15H16N4. The van der Waals surface area contributed by atoms with Crippen molar-refractivity contribution in [1.29, 1.82) is 0 Å². The zero-order valence-corrected chi connectivity index (χ0v) is 11.0. The quantitative estimate of drug-likeness (QED) is 0.761. The Hall–Kier alpha value is -2.20. The molecule has 96 valence electrons. The number of aryl methyl sites for hydroxylation is 2. The van der Waals surface area contributed by atoms with Crippen molar-refractivity contribution in [3.8, 4) is 0 Å². The van der Waals surface area contributed by atoms with Crippen LogP contribution in [0.2, 0.25) is 0 Å². The van der Waals surface area contributed by atoms with Gasteiger partial charge in [-0.1, -0.05) is 24.3 Å². The van der Waals surface area contributed by atoms with Crippen molar-refractivity contribution in [3.05, 3.63) is 59.7 Å². The standard InChI is InChI=1S/C15H16N4/c1-10-14(9-19(2)18-10)15(16)13-8-17-7-11-5-3-4-6-12(11)13/h3-9,15H,16H2,1-2H3. The summed E-state index contributed by atoms with van der Waals surface area (Å²) in [7, 11) is 1.91. The summed E-state index contributed by atoms with van der Waals surface area (Å²) in [6, 6.07) is 7.96. The first-order chi connectivity index (χ1) is 9.16. The summed E-state index contributed by atoms with van der Waals surface area (Å²) < 4.78 is 1.79. The Morgan fingerprint density at radius 1 is 1.16 bits per heavy atom. The molecule has 4 nitrogen and oxygen atoms in total. The Bertz CT molecular complexity index is 725. The van der Waals surface area contributed by atoms with E-state index in [0.29, 0.717) is 0 Å². The number of aromatic nitrogens is 3. The van der Waals surface area contributed by atoms with Crippen LogP contribution in [0.25, 0.3) is 10.8 Å². The monoisotopic (exact) mass is 252 g/mol. The first-order valence-corrected chi connectivity index (χ1v) is 6.25. The highest BCUT2D eigenvalue weighted by Crippen LogP contribution is 2.27. The van der Waals surface area contributed by atoms with Gasteiger partial charge in [0.15, 0.2) is 0 Å². The fourth-order valence-corrected chi connectivity index (χ4v) is 2.48. The summed E-state index contributed by atoms with van der Waals surface area (Å²) in [5.41, 5.74) is 9.44. The average Bonchev–Trinajstić information content (AvgIpc) is 2.76. The van der Waals surface area contributed by atoms with Gasteiger partial charge in [-0.25, -0.2) is 0 Å². The Balaban J connectivity index is 2.16. The number of nitrogens with zero attached hydrogens (tertiary/aromatic N) is 3. The molecule has 2 N–H and O–H groups in total. The molecule has 2 aromatic heterocycles. The summed E-state index contributed by atoms with van der Waals surface area (Å²) >= 11 is 0. The minimum atomic E-state index is -0.202. The molecule has 0 aliphatic rings. The van der Waals surface area contributed by atoms with Crippen molar-refractivity contribution in [3.63, 3.8) is 0 Å². The molecule has 0 aliphatic carbocycles. The van der Waals surface area contributed by atoms with Crippen LogP contribution in [0, 0.1) is 6.92 Å². The average molecular weight is 252 g/mol. The van der Waals surface area contributed by atoms with Gasteiger partial charge in [-0.2, -0.15) is 5.10 Å². The third-order valence-corrected chi connectivity index (χ3v) is 3.42. The topological polar surface area (TPSA) is 56.7 Å². The highest BCUT2D eigenvalue weighted by atomic mass is 15.2. The zero-order valence-electron chi connectivity index (χ0n) is 11.0. The van der Waals surface area contributed by atoms with Crippen LogP contribution in [-0.4, -0.2) is 14.8 Å². The minimum absolute atomic E-state index is 0.202. The van der Waals surface area contributed by atoms with Crippen LogP contribution in [0.1, 0.15) is 22.9 Å². The zero-order chi connectivity index (χ0) is 13.4. The van der Waals surface area contributed by atoms with Crippen LogP contribution in [0.5, 0.6) is 0 Å². The second-order valence-electron chi connectivity index (χ2n) is 4.77. The summed E-state index contributed by atoms with van der Waals surface area (Å²) in [5, 5.41) is 6.61. The largest absolute Gasteiger partial charge is 0.320 e. The number of nitrogens with two attached hydrogens (primary N) is 1. The molecule has 2 heterocycles. The van der Waals surface area contributed by atoms with Crippen LogP contribution in [0.15, 0.2) is 42.9 Å². The van der Waals surface area contributed by atoms with Crippen molar-refractivity contribution in [2.24, 2.45) is 12.8 Å². The smallest absolute Gasteiger partial charge is 0.0644 e. The van der Waals surface area contributed by atoms with Gasteiger partial charge >= 0.3 is 0 Å². The second-order valence-corrected chi connectivity index (χ2v) is 4.77. The maximum absolute atomic E-state index is 6.40. The van der Waals surface area contributed by atoms with E-state index in [1.165, 1.54) is 0 Å². The molecule has 0 saturated carbocycles. The second kappa shape index (κ2) is 4.48. The molecule has 19 heavy (non-hydrogen) atoms. The molecule has 0 bridgehead atoms. The van der Waals surface area contributed by atoms with Crippen molar-refractivity contribution < 1.29 is 0 Å². The summed E-state index contributed by atoms with van der Waals surface area (Å²) in [5.74, 6) is 0. The molecule has 0 fully saturated rings. The molecule has 0 aliphatic heterocycles. The van der Waals surface area contributed by atoms with Crippen LogP contribution in [0.4, 0.5) is 0 Å². The van der Waals surface area contributed by atoms with Gasteiger partial charge in [0, 0.05) is 36.6 Å². The highest BCUT2D eigenvalue weighted by Gasteiger charge is 2.16. The van der Waals surface area contributed by atoms with Crippen molar-refractivity contribution >= 4 is 10.8 Å². The Labute approximate surface area is 111 Å². The molecule has 1 aromatic carbocycles. The van der Waals surface area contributed by atoms with Gasteiger partial charge in [0.25, 0.3) is 0 Å². The molecule has 4 heteroatoms. The van der Waals surface area contributed by atoms with Crippen molar-refractivity contribution in [1.82, 2.24) is 14.8 Å². The third-order valence-electron chi connectivity index (χ3n) is 3.42. The molecule has 1 unspecified atom stereocenters. The molecule has 3 rings (SSSR count). The Morgan fingerprint density at radius 3 is 2.68 bits per heavy atom. The van der Waals surface area contributed by atoms with E-state index < -0.39 is 0 Å². The van der Waals surface area contributed by atoms with Gasteiger partial charge in [0.05, 0.1) is 11.7 Å². The normalized spacial score (nSPS) is 12.8. The fourth-order valence-electron chi connectivity index (χ4n) is 2.48. The number of hydrogen-bond donors (Lipinski definition) is 1. The van der Waals surface area contributed by atoms with Gasteiger partial charge in [0.2, 0.25) is 0 Å². The summed E-state index contributed by atoms with van der Waals surface area (Å²) in [6.07, 6.45) is 5.68. The number of rotatable bonds is 2. The number of benzene rings is 1. The molecular weight excluding hydrogens is 236 g/mol. The lowest BCUT2D eigenvalue weighted by Crippen LogP contribution is -2.13. The number of pyridine rings is 1. The fraction of sp³-hybridized carbons (Fsp3) is 0.200.